The zero-order valence-corrected chi connectivity index (χ0v) is 18.6. The maximum absolute atomic E-state index is 12.2. The number of Topliss-reactive ketones (excluding diaryl/α,β-unsaturated/α-hetero) is 1. The highest BCUT2D eigenvalue weighted by molar-refractivity contribution is 5.95. The lowest BCUT2D eigenvalue weighted by Crippen LogP contribution is -2.54. The van der Waals surface area contributed by atoms with Crippen molar-refractivity contribution in [1.29, 1.82) is 0 Å². The Labute approximate surface area is 179 Å². The monoisotopic (exact) mass is 416 g/mol. The molecule has 0 saturated heterocycles. The fourth-order valence-corrected chi connectivity index (χ4v) is 7.89. The van der Waals surface area contributed by atoms with Crippen molar-refractivity contribution in [3.8, 4) is 0 Å². The van der Waals surface area contributed by atoms with Crippen molar-refractivity contribution in [2.24, 2.45) is 34.5 Å². The van der Waals surface area contributed by atoms with Gasteiger partial charge in [-0.15, -0.1) is 0 Å². The smallest absolute Gasteiger partial charge is 0.306 e. The van der Waals surface area contributed by atoms with Gasteiger partial charge in [-0.2, -0.15) is 0 Å². The Balaban J connectivity index is 1.42. The van der Waals surface area contributed by atoms with E-state index in [4.69, 9.17) is 9.84 Å². The highest BCUT2D eigenvalue weighted by atomic mass is 16.5. The molecule has 1 N–H and O–H groups in total. The van der Waals surface area contributed by atoms with E-state index < -0.39 is 5.97 Å². The van der Waals surface area contributed by atoms with Crippen LogP contribution in [0.2, 0.25) is 0 Å². The molecule has 7 atom stereocenters. The molecule has 0 amide bonds. The molecule has 30 heavy (non-hydrogen) atoms. The van der Waals surface area contributed by atoms with Crippen LogP contribution >= 0.6 is 0 Å². The molecule has 3 fully saturated rings. The Morgan fingerprint density at radius 3 is 2.53 bits per heavy atom. The van der Waals surface area contributed by atoms with E-state index in [1.165, 1.54) is 19.3 Å². The predicted molar refractivity (Wildman–Crippen MR) is 113 cm³/mol. The molecule has 0 aromatic rings. The molecule has 4 aliphatic rings. The zero-order valence-electron chi connectivity index (χ0n) is 18.6. The molecule has 0 spiro atoms. The van der Waals surface area contributed by atoms with Gasteiger partial charge in [0.05, 0.1) is 12.8 Å². The van der Waals surface area contributed by atoms with Gasteiger partial charge in [-0.3, -0.25) is 14.4 Å². The fraction of sp³-hybridized carbons (Fsp3) is 0.800. The number of allylic oxidation sites excluding steroid dienone is 2. The van der Waals surface area contributed by atoms with E-state index in [0.29, 0.717) is 23.7 Å². The minimum Gasteiger partial charge on any atom is -0.481 e. The van der Waals surface area contributed by atoms with Gasteiger partial charge in [0, 0.05) is 0 Å². The number of rotatable bonds is 5. The van der Waals surface area contributed by atoms with Crippen molar-refractivity contribution >= 4 is 17.7 Å². The van der Waals surface area contributed by atoms with Crippen LogP contribution in [-0.2, 0) is 19.1 Å². The summed E-state index contributed by atoms with van der Waals surface area (Å²) in [5, 5.41) is 8.77. The van der Waals surface area contributed by atoms with Crippen molar-refractivity contribution in [3.05, 3.63) is 11.6 Å². The van der Waals surface area contributed by atoms with E-state index in [0.717, 1.165) is 37.7 Å². The van der Waals surface area contributed by atoms with E-state index in [2.05, 4.69) is 19.9 Å². The topological polar surface area (TPSA) is 80.7 Å². The van der Waals surface area contributed by atoms with Gasteiger partial charge in [0.15, 0.2) is 5.78 Å². The molecule has 3 saturated carbocycles. The number of carbonyl (C=O) groups excluding carboxylic acids is 2. The maximum atomic E-state index is 12.2. The van der Waals surface area contributed by atoms with Crippen molar-refractivity contribution in [2.75, 3.05) is 0 Å². The van der Waals surface area contributed by atoms with E-state index >= 15 is 0 Å². The van der Waals surface area contributed by atoms with Gasteiger partial charge in [-0.25, -0.2) is 0 Å². The number of carboxylic acid groups (broad SMARTS) is 1. The van der Waals surface area contributed by atoms with Crippen LogP contribution in [0.5, 0.6) is 0 Å². The van der Waals surface area contributed by atoms with Crippen LogP contribution in [0.25, 0.3) is 0 Å². The number of ketones is 1. The van der Waals surface area contributed by atoms with Gasteiger partial charge < -0.3 is 9.84 Å². The third-order valence-electron chi connectivity index (χ3n) is 9.42. The van der Waals surface area contributed by atoms with Crippen LogP contribution in [0.4, 0.5) is 0 Å². The maximum Gasteiger partial charge on any atom is 0.306 e. The second kappa shape index (κ2) is 7.80. The van der Waals surface area contributed by atoms with Crippen LogP contribution in [0.1, 0.15) is 85.0 Å². The molecule has 166 valence electrons. The second-order valence-corrected chi connectivity index (χ2v) is 10.8. The summed E-state index contributed by atoms with van der Waals surface area (Å²) in [7, 11) is 0. The highest BCUT2D eigenvalue weighted by Crippen LogP contribution is 2.66. The first-order valence-corrected chi connectivity index (χ1v) is 11.8. The summed E-state index contributed by atoms with van der Waals surface area (Å²) >= 11 is 0. The lowest BCUT2D eigenvalue weighted by atomic mass is 9.44. The summed E-state index contributed by atoms with van der Waals surface area (Å²) in [6, 6.07) is 0. The minimum atomic E-state index is -0.958. The summed E-state index contributed by atoms with van der Waals surface area (Å²) < 4.78 is 5.65. The van der Waals surface area contributed by atoms with Crippen molar-refractivity contribution in [1.82, 2.24) is 0 Å². The normalized spacial score (nSPS) is 42.4. The standard InChI is InChI=1S/C25H36O5/c1-15(26)19-6-7-20-18-5-4-16-14-17(30-23(29)9-8-22(27)28)10-12-24(16,2)21(18)11-13-25(19,20)3/h6,16-18,20-21H,4-5,7-14H2,1-3H3,(H,27,28)/t16-,17-,18+,20+,21-,24-,25+/m0/s1. The Kier molecular flexibility index (Phi) is 5.61. The first kappa shape index (κ1) is 21.6. The molecule has 0 aromatic carbocycles. The fourth-order valence-electron chi connectivity index (χ4n) is 7.89. The van der Waals surface area contributed by atoms with Crippen LogP contribution in [0, 0.1) is 34.5 Å². The third kappa shape index (κ3) is 3.52. The largest absolute Gasteiger partial charge is 0.481 e. The summed E-state index contributed by atoms with van der Waals surface area (Å²) in [4.78, 5) is 34.9. The lowest BCUT2D eigenvalue weighted by Gasteiger charge is -2.60. The number of carbonyl (C=O) groups is 3. The van der Waals surface area contributed by atoms with Crippen LogP contribution < -0.4 is 0 Å². The molecule has 0 aliphatic heterocycles. The van der Waals surface area contributed by atoms with Gasteiger partial charge >= 0.3 is 11.9 Å². The average molecular weight is 417 g/mol. The molecule has 0 heterocycles. The summed E-state index contributed by atoms with van der Waals surface area (Å²) in [6.07, 6.45) is 10.6. The highest BCUT2D eigenvalue weighted by Gasteiger charge is 2.59. The van der Waals surface area contributed by atoms with E-state index in [1.807, 2.05) is 0 Å². The summed E-state index contributed by atoms with van der Waals surface area (Å²) in [5.41, 5.74) is 1.43. The SMILES string of the molecule is CC(=O)C1=CC[C@@H]2[C@H]3CC[C@H]4C[C@@H](OC(=O)CCC(=O)O)CC[C@]4(C)[C@H]3CC[C@]12C. The number of carboxylic acids is 1. The number of aliphatic carboxylic acids is 1. The molecular formula is C25H36O5. The minimum absolute atomic E-state index is 0.0375. The Morgan fingerprint density at radius 2 is 1.83 bits per heavy atom. The van der Waals surface area contributed by atoms with E-state index in [-0.39, 0.29) is 41.5 Å². The molecule has 5 nitrogen and oxygen atoms in total. The molecule has 0 unspecified atom stereocenters. The van der Waals surface area contributed by atoms with Crippen LogP contribution in [0.3, 0.4) is 0 Å². The quantitative estimate of drug-likeness (QED) is 0.643. The Hall–Kier alpha value is -1.65. The van der Waals surface area contributed by atoms with Gasteiger partial charge in [-0.1, -0.05) is 19.9 Å². The average Bonchev–Trinajstić information content (AvgIpc) is 3.04. The van der Waals surface area contributed by atoms with Gasteiger partial charge in [0.1, 0.15) is 6.10 Å². The van der Waals surface area contributed by atoms with Gasteiger partial charge in [0.25, 0.3) is 0 Å². The van der Waals surface area contributed by atoms with Crippen LogP contribution in [0.15, 0.2) is 11.6 Å². The second-order valence-electron chi connectivity index (χ2n) is 10.8. The van der Waals surface area contributed by atoms with Gasteiger partial charge in [0.2, 0.25) is 0 Å². The zero-order chi connectivity index (χ0) is 21.7. The molecule has 4 rings (SSSR count). The van der Waals surface area contributed by atoms with Crippen molar-refractivity contribution in [2.45, 2.75) is 91.1 Å². The van der Waals surface area contributed by atoms with Gasteiger partial charge in [-0.05, 0) is 98.4 Å². The number of ether oxygens (including phenoxy) is 1. The lowest BCUT2D eigenvalue weighted by molar-refractivity contribution is -0.162. The molecular weight excluding hydrogens is 380 g/mol. The van der Waals surface area contributed by atoms with Crippen LogP contribution in [-0.4, -0.2) is 28.9 Å². The first-order chi connectivity index (χ1) is 14.1. The molecule has 5 heteroatoms. The molecule has 0 bridgehead atoms. The number of esters is 1. The van der Waals surface area contributed by atoms with E-state index in [1.54, 1.807) is 6.92 Å². The summed E-state index contributed by atoms with van der Waals surface area (Å²) in [6.45, 7) is 6.52. The number of fused-ring (bicyclic) bond motifs is 5. The Bertz CT molecular complexity index is 770. The third-order valence-corrected chi connectivity index (χ3v) is 9.42. The molecule has 0 aromatic heterocycles. The first-order valence-electron chi connectivity index (χ1n) is 11.8. The van der Waals surface area contributed by atoms with Crippen molar-refractivity contribution in [3.63, 3.8) is 0 Å². The number of hydrogen-bond acceptors (Lipinski definition) is 4. The molecule has 4 aliphatic carbocycles. The Morgan fingerprint density at radius 1 is 1.07 bits per heavy atom. The molecule has 0 radical (unpaired) electrons. The van der Waals surface area contributed by atoms with Crippen molar-refractivity contribution < 1.29 is 24.2 Å². The van der Waals surface area contributed by atoms with E-state index in [9.17, 15) is 14.4 Å². The predicted octanol–water partition coefficient (Wildman–Crippen LogP) is 4.93. The number of hydrogen-bond donors (Lipinski definition) is 1. The summed E-state index contributed by atoms with van der Waals surface area (Å²) in [5.74, 6) is 1.46.